The number of aromatic amines is 1. The number of hydrogen-bond donors (Lipinski definition) is 2. The molecule has 0 saturated heterocycles. The highest BCUT2D eigenvalue weighted by molar-refractivity contribution is 7.09. The van der Waals surface area contributed by atoms with Crippen LogP contribution < -0.4 is 5.32 Å². The lowest BCUT2D eigenvalue weighted by molar-refractivity contribution is 0.0949. The lowest BCUT2D eigenvalue weighted by Crippen LogP contribution is -2.27. The number of amides is 1. The fourth-order valence-corrected chi connectivity index (χ4v) is 5.36. The maximum Gasteiger partial charge on any atom is 0.270 e. The topological polar surface area (TPSA) is 61.0 Å². The lowest BCUT2D eigenvalue weighted by Gasteiger charge is -2.21. The second-order valence-electron chi connectivity index (χ2n) is 9.06. The number of hydrogen-bond acceptors (Lipinski definition) is 4. The minimum atomic E-state index is -0.124. The zero-order valence-electron chi connectivity index (χ0n) is 20.5. The van der Waals surface area contributed by atoms with Crippen LogP contribution in [-0.4, -0.2) is 33.9 Å². The summed E-state index contributed by atoms with van der Waals surface area (Å²) in [6.07, 6.45) is 3.81. The van der Waals surface area contributed by atoms with Crippen molar-refractivity contribution >= 4 is 39.7 Å². The number of benzene rings is 3. The number of aromatic nitrogens is 2. The Morgan fingerprint density at radius 1 is 0.919 bits per heavy atom. The Balaban J connectivity index is 1.23. The van der Waals surface area contributed by atoms with Crippen LogP contribution in [0.3, 0.4) is 0 Å². The molecule has 0 aliphatic carbocycles. The van der Waals surface area contributed by atoms with E-state index in [1.54, 1.807) is 0 Å². The third-order valence-corrected chi connectivity index (χ3v) is 7.46. The van der Waals surface area contributed by atoms with Crippen molar-refractivity contribution in [3.8, 4) is 0 Å². The third-order valence-electron chi connectivity index (χ3n) is 6.38. The van der Waals surface area contributed by atoms with Gasteiger partial charge in [0.2, 0.25) is 0 Å². The number of thiazole rings is 1. The summed E-state index contributed by atoms with van der Waals surface area (Å²) in [7, 11) is 0. The molecule has 0 unspecified atom stereocenters. The quantitative estimate of drug-likeness (QED) is 0.206. The second kappa shape index (κ2) is 12.2. The molecule has 0 spiro atoms. The Hall–Kier alpha value is -3.45. The molecule has 5 rings (SSSR count). The van der Waals surface area contributed by atoms with E-state index >= 15 is 0 Å². The van der Waals surface area contributed by atoms with Gasteiger partial charge in [0.25, 0.3) is 5.91 Å². The summed E-state index contributed by atoms with van der Waals surface area (Å²) in [6, 6.07) is 26.5. The summed E-state index contributed by atoms with van der Waals surface area (Å²) in [5, 5.41) is 7.78. The number of halogens is 1. The molecule has 37 heavy (non-hydrogen) atoms. The third kappa shape index (κ3) is 6.86. The first-order chi connectivity index (χ1) is 18.1. The van der Waals surface area contributed by atoms with E-state index in [2.05, 4.69) is 68.8 Å². The van der Waals surface area contributed by atoms with Crippen LogP contribution in [0.5, 0.6) is 0 Å². The molecule has 3 aromatic carbocycles. The molecule has 2 heterocycles. The van der Waals surface area contributed by atoms with Gasteiger partial charge in [-0.15, -0.1) is 11.3 Å². The van der Waals surface area contributed by atoms with Crippen molar-refractivity contribution in [2.75, 3.05) is 13.1 Å². The van der Waals surface area contributed by atoms with Gasteiger partial charge in [0.15, 0.2) is 0 Å². The molecule has 2 N–H and O–H groups in total. The van der Waals surface area contributed by atoms with E-state index in [-0.39, 0.29) is 5.91 Å². The Morgan fingerprint density at radius 3 is 2.54 bits per heavy atom. The molecule has 0 aliphatic rings. The SMILES string of the molecule is O=C(NCCc1ccccc1)c1csc(CN(CCc2c[nH]c3ccccc23)Cc2ccc(Cl)cc2)n1. The molecule has 0 radical (unpaired) electrons. The minimum Gasteiger partial charge on any atom is -0.361 e. The van der Waals surface area contributed by atoms with Gasteiger partial charge in [0.05, 0.1) is 6.54 Å². The van der Waals surface area contributed by atoms with Crippen molar-refractivity contribution in [3.05, 3.63) is 123 Å². The summed E-state index contributed by atoms with van der Waals surface area (Å²) in [5.41, 5.74) is 5.34. The molecule has 0 bridgehead atoms. The molecule has 2 aromatic heterocycles. The van der Waals surface area contributed by atoms with E-state index in [1.165, 1.54) is 33.4 Å². The highest BCUT2D eigenvalue weighted by atomic mass is 35.5. The Bertz CT molecular complexity index is 1450. The van der Waals surface area contributed by atoms with Gasteiger partial charge in [-0.05, 0) is 47.7 Å². The van der Waals surface area contributed by atoms with E-state index in [0.29, 0.717) is 18.8 Å². The first-order valence-corrected chi connectivity index (χ1v) is 13.7. The minimum absolute atomic E-state index is 0.124. The monoisotopic (exact) mass is 528 g/mol. The molecular formula is C30H29ClN4OS. The number of nitrogens with zero attached hydrogens (tertiary/aromatic N) is 2. The van der Waals surface area contributed by atoms with Gasteiger partial charge in [-0.3, -0.25) is 9.69 Å². The van der Waals surface area contributed by atoms with Gasteiger partial charge < -0.3 is 10.3 Å². The number of fused-ring (bicyclic) bond motifs is 1. The number of para-hydroxylation sites is 1. The van der Waals surface area contributed by atoms with Gasteiger partial charge in [0.1, 0.15) is 10.7 Å². The van der Waals surface area contributed by atoms with E-state index in [0.717, 1.165) is 41.5 Å². The van der Waals surface area contributed by atoms with Gasteiger partial charge in [-0.2, -0.15) is 0 Å². The van der Waals surface area contributed by atoms with E-state index < -0.39 is 0 Å². The van der Waals surface area contributed by atoms with Crippen LogP contribution in [0.25, 0.3) is 10.9 Å². The molecule has 0 saturated carbocycles. The fraction of sp³-hybridized carbons (Fsp3) is 0.200. The molecule has 5 aromatic rings. The number of rotatable bonds is 11. The number of H-pyrrole nitrogens is 1. The zero-order valence-corrected chi connectivity index (χ0v) is 22.1. The standard InChI is InChI=1S/C30H29ClN4OS/c31-25-12-10-23(11-13-25)19-35(17-15-24-18-33-27-9-5-4-8-26(24)27)20-29-34-28(21-37-29)30(36)32-16-14-22-6-2-1-3-7-22/h1-13,18,21,33H,14-17,19-20H2,(H,32,36). The van der Waals surface area contributed by atoms with E-state index in [4.69, 9.17) is 11.6 Å². The molecule has 1 amide bonds. The normalized spacial score (nSPS) is 11.3. The largest absolute Gasteiger partial charge is 0.361 e. The van der Waals surface area contributed by atoms with Gasteiger partial charge >= 0.3 is 0 Å². The highest BCUT2D eigenvalue weighted by Gasteiger charge is 2.15. The predicted octanol–water partition coefficient (Wildman–Crippen LogP) is 6.50. The molecule has 188 valence electrons. The second-order valence-corrected chi connectivity index (χ2v) is 10.4. The highest BCUT2D eigenvalue weighted by Crippen LogP contribution is 2.21. The Kier molecular flexibility index (Phi) is 8.31. The average Bonchev–Trinajstić information content (AvgIpc) is 3.56. The Labute approximate surface area is 226 Å². The van der Waals surface area contributed by atoms with Crippen LogP contribution in [0.1, 0.15) is 32.2 Å². The van der Waals surface area contributed by atoms with Crippen molar-refractivity contribution in [3.63, 3.8) is 0 Å². The summed E-state index contributed by atoms with van der Waals surface area (Å²) in [5.74, 6) is -0.124. The molecule has 0 atom stereocenters. The van der Waals surface area contributed by atoms with E-state index in [9.17, 15) is 4.79 Å². The smallest absolute Gasteiger partial charge is 0.270 e. The fourth-order valence-electron chi connectivity index (χ4n) is 4.41. The van der Waals surface area contributed by atoms with Crippen LogP contribution >= 0.6 is 22.9 Å². The van der Waals surface area contributed by atoms with Gasteiger partial charge in [-0.1, -0.05) is 72.3 Å². The summed E-state index contributed by atoms with van der Waals surface area (Å²) in [4.78, 5) is 23.1. The summed E-state index contributed by atoms with van der Waals surface area (Å²) < 4.78 is 0. The first kappa shape index (κ1) is 25.2. The first-order valence-electron chi connectivity index (χ1n) is 12.4. The number of nitrogens with one attached hydrogen (secondary N) is 2. The average molecular weight is 529 g/mol. The van der Waals surface area contributed by atoms with Crippen LogP contribution in [0.4, 0.5) is 0 Å². The van der Waals surface area contributed by atoms with Crippen molar-refractivity contribution < 1.29 is 4.79 Å². The molecule has 0 aliphatic heterocycles. The van der Waals surface area contributed by atoms with Crippen LogP contribution in [0, 0.1) is 0 Å². The molecular weight excluding hydrogens is 500 g/mol. The maximum absolute atomic E-state index is 12.7. The molecule has 7 heteroatoms. The zero-order chi connectivity index (χ0) is 25.5. The van der Waals surface area contributed by atoms with Crippen molar-refractivity contribution in [1.29, 1.82) is 0 Å². The number of carbonyl (C=O) groups excluding carboxylic acids is 1. The predicted molar refractivity (Wildman–Crippen MR) is 152 cm³/mol. The summed E-state index contributed by atoms with van der Waals surface area (Å²) in [6.45, 7) is 2.90. The molecule has 0 fully saturated rings. The van der Waals surface area contributed by atoms with E-state index in [1.807, 2.05) is 41.8 Å². The van der Waals surface area contributed by atoms with Gasteiger partial charge in [-0.25, -0.2) is 4.98 Å². The number of carbonyl (C=O) groups is 1. The van der Waals surface area contributed by atoms with Crippen LogP contribution in [-0.2, 0) is 25.9 Å². The maximum atomic E-state index is 12.7. The van der Waals surface area contributed by atoms with Crippen molar-refractivity contribution in [2.45, 2.75) is 25.9 Å². The van der Waals surface area contributed by atoms with Crippen LogP contribution in [0.2, 0.25) is 5.02 Å². The Morgan fingerprint density at radius 2 is 1.70 bits per heavy atom. The van der Waals surface area contributed by atoms with Crippen molar-refractivity contribution in [2.24, 2.45) is 0 Å². The van der Waals surface area contributed by atoms with Crippen LogP contribution in [0.15, 0.2) is 90.4 Å². The van der Waals surface area contributed by atoms with Gasteiger partial charge in [0, 0.05) is 47.1 Å². The molecule has 5 nitrogen and oxygen atoms in total. The summed E-state index contributed by atoms with van der Waals surface area (Å²) >= 11 is 7.64. The van der Waals surface area contributed by atoms with Crippen molar-refractivity contribution in [1.82, 2.24) is 20.2 Å². The lowest BCUT2D eigenvalue weighted by atomic mass is 10.1.